The van der Waals surface area contributed by atoms with Crippen molar-refractivity contribution in [1.82, 2.24) is 0 Å². The van der Waals surface area contributed by atoms with E-state index in [1.165, 1.54) is 75.6 Å². The van der Waals surface area contributed by atoms with Crippen LogP contribution in [0, 0.1) is 0 Å². The Morgan fingerprint density at radius 3 is 1.19 bits per heavy atom. The van der Waals surface area contributed by atoms with E-state index in [4.69, 9.17) is 0 Å². The Kier molecular flexibility index (Phi) is 20.2. The number of unbranched alkanes of at least 4 members (excludes halogenated alkanes) is 10. The molecule has 0 radical (unpaired) electrons. The van der Waals surface area contributed by atoms with E-state index in [0.717, 1.165) is 49.7 Å². The number of benzene rings is 2. The SMILES string of the molecule is CCCCCCCCc1cccc(S(=O)(=O)[O-])c1.CCCCCCCCc1cccc(S(=O)(=O)[O-])c1.[Ca+2]. The normalized spacial score (nSPS) is 11.4. The maximum absolute atomic E-state index is 10.9. The molecule has 0 spiro atoms. The van der Waals surface area contributed by atoms with E-state index in [-0.39, 0.29) is 47.5 Å². The van der Waals surface area contributed by atoms with Gasteiger partial charge in [0.25, 0.3) is 0 Å². The zero-order valence-corrected chi connectivity index (χ0v) is 26.3. The van der Waals surface area contributed by atoms with Gasteiger partial charge in [0.15, 0.2) is 0 Å². The monoisotopic (exact) mass is 578 g/mol. The van der Waals surface area contributed by atoms with Crippen LogP contribution in [0.5, 0.6) is 0 Å². The fourth-order valence-electron chi connectivity index (χ4n) is 3.93. The Labute approximate surface area is 255 Å². The second-order valence-corrected chi connectivity index (χ2v) is 12.0. The molecule has 0 aliphatic rings. The largest absolute Gasteiger partial charge is 2.00 e. The predicted molar refractivity (Wildman–Crippen MR) is 149 cm³/mol. The van der Waals surface area contributed by atoms with Crippen LogP contribution in [0.15, 0.2) is 58.3 Å². The molecular weight excluding hydrogens is 537 g/mol. The van der Waals surface area contributed by atoms with Gasteiger partial charge in [-0.3, -0.25) is 0 Å². The van der Waals surface area contributed by atoms with E-state index in [1.54, 1.807) is 12.1 Å². The van der Waals surface area contributed by atoms with E-state index in [0.29, 0.717) is 0 Å². The Hall–Kier alpha value is -0.480. The fraction of sp³-hybridized carbons (Fsp3) is 0.571. The summed E-state index contributed by atoms with van der Waals surface area (Å²) in [6.07, 6.45) is 16.1. The quantitative estimate of drug-likeness (QED) is 0.126. The molecule has 0 aromatic heterocycles. The van der Waals surface area contributed by atoms with Crippen LogP contribution < -0.4 is 0 Å². The average molecular weight is 579 g/mol. The maximum atomic E-state index is 10.9. The molecule has 0 unspecified atom stereocenters. The summed E-state index contributed by atoms with van der Waals surface area (Å²) in [6.45, 7) is 4.38. The Bertz CT molecular complexity index is 998. The fourth-order valence-corrected chi connectivity index (χ4v) is 5.01. The van der Waals surface area contributed by atoms with Crippen LogP contribution >= 0.6 is 0 Å². The summed E-state index contributed by atoms with van der Waals surface area (Å²) in [5.74, 6) is 0. The summed E-state index contributed by atoms with van der Waals surface area (Å²) in [7, 11) is -8.64. The van der Waals surface area contributed by atoms with Gasteiger partial charge in [-0.25, -0.2) is 16.8 Å². The molecule has 0 amide bonds. The van der Waals surface area contributed by atoms with Crippen molar-refractivity contribution < 1.29 is 25.9 Å². The van der Waals surface area contributed by atoms with Gasteiger partial charge in [-0.1, -0.05) is 102 Å². The molecule has 204 valence electrons. The Morgan fingerprint density at radius 2 is 0.865 bits per heavy atom. The summed E-state index contributed by atoms with van der Waals surface area (Å²) in [5, 5.41) is 0. The van der Waals surface area contributed by atoms with Gasteiger partial charge < -0.3 is 9.11 Å². The molecule has 0 saturated carbocycles. The van der Waals surface area contributed by atoms with Gasteiger partial charge in [0.05, 0.1) is 9.79 Å². The van der Waals surface area contributed by atoms with Gasteiger partial charge in [0.2, 0.25) is 0 Å². The van der Waals surface area contributed by atoms with Crippen LogP contribution in [0.3, 0.4) is 0 Å². The first-order valence-electron chi connectivity index (χ1n) is 13.2. The minimum Gasteiger partial charge on any atom is -0.744 e. The van der Waals surface area contributed by atoms with Gasteiger partial charge >= 0.3 is 37.7 Å². The van der Waals surface area contributed by atoms with E-state index >= 15 is 0 Å². The standard InChI is InChI=1S/2C14H22O3S.Ca/c2*1-2-3-4-5-6-7-9-13-10-8-11-14(12-13)18(15,16)17;/h2*8,10-12H,2-7,9H2,1H3,(H,15,16,17);/q;;+2/p-2. The van der Waals surface area contributed by atoms with Crippen LogP contribution in [0.1, 0.15) is 102 Å². The number of hydrogen-bond donors (Lipinski definition) is 0. The molecule has 9 heteroatoms. The first-order valence-corrected chi connectivity index (χ1v) is 16.0. The average Bonchev–Trinajstić information content (AvgIpc) is 2.83. The molecule has 2 aromatic rings. The van der Waals surface area contributed by atoms with Crippen LogP contribution in [-0.4, -0.2) is 63.7 Å². The smallest absolute Gasteiger partial charge is 0.744 e. The van der Waals surface area contributed by atoms with E-state index in [1.807, 2.05) is 12.1 Å². The molecule has 0 aliphatic carbocycles. The second-order valence-electron chi connectivity index (χ2n) is 9.24. The van der Waals surface area contributed by atoms with E-state index in [2.05, 4.69) is 13.8 Å². The first kappa shape index (κ1) is 36.5. The molecule has 2 aromatic carbocycles. The zero-order chi connectivity index (χ0) is 26.9. The van der Waals surface area contributed by atoms with E-state index in [9.17, 15) is 25.9 Å². The van der Waals surface area contributed by atoms with Gasteiger partial charge in [-0.05, 0) is 61.1 Å². The Balaban J connectivity index is 0.000000682. The summed E-state index contributed by atoms with van der Waals surface area (Å²) < 4.78 is 65.3. The maximum Gasteiger partial charge on any atom is 2.00 e. The molecule has 6 nitrogen and oxygen atoms in total. The first-order chi connectivity index (χ1) is 17.1. The third-order valence-electron chi connectivity index (χ3n) is 6.01. The summed E-state index contributed by atoms with van der Waals surface area (Å²) in [4.78, 5) is -0.239. The molecule has 0 N–H and O–H groups in total. The van der Waals surface area contributed by atoms with Gasteiger partial charge in [-0.2, -0.15) is 0 Å². The van der Waals surface area contributed by atoms with Crippen molar-refractivity contribution in [3.63, 3.8) is 0 Å². The number of rotatable bonds is 16. The Morgan fingerprint density at radius 1 is 0.541 bits per heavy atom. The minimum atomic E-state index is -4.32. The van der Waals surface area contributed by atoms with Crippen LogP contribution in [-0.2, 0) is 33.1 Å². The van der Waals surface area contributed by atoms with Crippen molar-refractivity contribution in [3.05, 3.63) is 59.7 Å². The van der Waals surface area contributed by atoms with Crippen LogP contribution in [0.25, 0.3) is 0 Å². The van der Waals surface area contributed by atoms with Gasteiger partial charge in [-0.15, -0.1) is 0 Å². The third-order valence-corrected chi connectivity index (χ3v) is 7.67. The molecule has 2 rings (SSSR count). The van der Waals surface area contributed by atoms with Crippen LogP contribution in [0.4, 0.5) is 0 Å². The minimum absolute atomic E-state index is 0. The van der Waals surface area contributed by atoms with Crippen molar-refractivity contribution in [2.75, 3.05) is 0 Å². The molecular formula is C28H42CaO6S2. The number of hydrogen-bond acceptors (Lipinski definition) is 6. The molecule has 0 atom stereocenters. The summed E-state index contributed by atoms with van der Waals surface area (Å²) >= 11 is 0. The number of aryl methyl sites for hydroxylation is 2. The van der Waals surface area contributed by atoms with Crippen molar-refractivity contribution in [3.8, 4) is 0 Å². The third kappa shape index (κ3) is 17.7. The molecule has 0 fully saturated rings. The second kappa shape index (κ2) is 20.4. The van der Waals surface area contributed by atoms with Crippen LogP contribution in [0.2, 0.25) is 0 Å². The van der Waals surface area contributed by atoms with Crippen molar-refractivity contribution in [1.29, 1.82) is 0 Å². The molecule has 0 saturated heterocycles. The van der Waals surface area contributed by atoms with Crippen molar-refractivity contribution >= 4 is 58.0 Å². The molecule has 0 aliphatic heterocycles. The predicted octanol–water partition coefficient (Wildman–Crippen LogP) is 6.61. The van der Waals surface area contributed by atoms with Crippen molar-refractivity contribution in [2.45, 2.75) is 114 Å². The van der Waals surface area contributed by atoms with Crippen molar-refractivity contribution in [2.24, 2.45) is 0 Å². The van der Waals surface area contributed by atoms with Gasteiger partial charge in [0, 0.05) is 0 Å². The molecule has 0 heterocycles. The molecule has 0 bridgehead atoms. The van der Waals surface area contributed by atoms with E-state index < -0.39 is 20.2 Å². The topological polar surface area (TPSA) is 114 Å². The van der Waals surface area contributed by atoms with Gasteiger partial charge in [0.1, 0.15) is 20.2 Å². The molecule has 37 heavy (non-hydrogen) atoms. The summed E-state index contributed by atoms with van der Waals surface area (Å²) in [5.41, 5.74) is 1.87. The summed E-state index contributed by atoms with van der Waals surface area (Å²) in [6, 6.07) is 12.7. The zero-order valence-electron chi connectivity index (χ0n) is 22.5.